The van der Waals surface area contributed by atoms with E-state index in [4.69, 9.17) is 0 Å². The smallest absolute Gasteiger partial charge is 0.313 e. The first-order chi connectivity index (χ1) is 9.56. The number of H-pyrrole nitrogens is 1. The van der Waals surface area contributed by atoms with Crippen LogP contribution in [0.15, 0.2) is 24.5 Å². The van der Waals surface area contributed by atoms with Crippen molar-refractivity contribution < 1.29 is 9.59 Å². The van der Waals surface area contributed by atoms with Crippen LogP contribution in [-0.2, 0) is 9.59 Å². The lowest BCUT2D eigenvalue weighted by Gasteiger charge is -2.10. The molecule has 0 aliphatic carbocycles. The third-order valence-corrected chi connectivity index (χ3v) is 2.73. The lowest BCUT2D eigenvalue weighted by Crippen LogP contribution is -2.38. The number of nitrogens with one attached hydrogen (secondary N) is 3. The van der Waals surface area contributed by atoms with Gasteiger partial charge >= 0.3 is 11.8 Å². The maximum atomic E-state index is 11.7. The fourth-order valence-corrected chi connectivity index (χ4v) is 1.67. The molecule has 0 spiro atoms. The predicted molar refractivity (Wildman–Crippen MR) is 76.3 cm³/mol. The number of hydrogen-bond acceptors (Lipinski definition) is 4. The van der Waals surface area contributed by atoms with E-state index < -0.39 is 11.8 Å². The van der Waals surface area contributed by atoms with E-state index in [1.54, 1.807) is 24.5 Å². The molecule has 0 saturated carbocycles. The van der Waals surface area contributed by atoms with Crippen LogP contribution in [0.1, 0.15) is 0 Å². The first-order valence-corrected chi connectivity index (χ1v) is 6.23. The molecule has 106 valence electrons. The maximum absolute atomic E-state index is 11.7. The second-order valence-corrected chi connectivity index (χ2v) is 4.65. The molecule has 0 saturated heterocycles. The number of likely N-dealkylation sites (N-methyl/N-ethyl adjacent to an activating group) is 1. The summed E-state index contributed by atoms with van der Waals surface area (Å²) < 4.78 is 0. The molecule has 7 nitrogen and oxygen atoms in total. The van der Waals surface area contributed by atoms with Crippen molar-refractivity contribution in [2.45, 2.75) is 0 Å². The van der Waals surface area contributed by atoms with Gasteiger partial charge in [-0.3, -0.25) is 9.59 Å². The number of hydrogen-bond donors (Lipinski definition) is 3. The molecule has 0 atom stereocenters. The number of amides is 2. The minimum Gasteiger partial charge on any atom is -0.347 e. The van der Waals surface area contributed by atoms with Crippen molar-refractivity contribution in [1.82, 2.24) is 20.2 Å². The molecule has 0 fully saturated rings. The summed E-state index contributed by atoms with van der Waals surface area (Å²) in [6, 6.07) is 5.20. The largest absolute Gasteiger partial charge is 0.347 e. The molecule has 2 amide bonds. The van der Waals surface area contributed by atoms with Gasteiger partial charge in [0.1, 0.15) is 0 Å². The molecule has 1 aromatic carbocycles. The van der Waals surface area contributed by atoms with Gasteiger partial charge in [0, 0.05) is 18.8 Å². The summed E-state index contributed by atoms with van der Waals surface area (Å²) in [5.41, 5.74) is 2.16. The Balaban J connectivity index is 1.91. The van der Waals surface area contributed by atoms with Crippen LogP contribution >= 0.6 is 0 Å². The van der Waals surface area contributed by atoms with Crippen molar-refractivity contribution in [2.75, 3.05) is 32.5 Å². The molecule has 0 aliphatic rings. The molecule has 20 heavy (non-hydrogen) atoms. The third-order valence-electron chi connectivity index (χ3n) is 2.73. The molecule has 2 aromatic rings. The predicted octanol–water partition coefficient (Wildman–Crippen LogP) is 0.179. The van der Waals surface area contributed by atoms with Crippen LogP contribution in [0.3, 0.4) is 0 Å². The number of aromatic nitrogens is 2. The Hall–Kier alpha value is -2.41. The topological polar surface area (TPSA) is 90.1 Å². The van der Waals surface area contributed by atoms with E-state index in [2.05, 4.69) is 20.6 Å². The van der Waals surface area contributed by atoms with Crippen molar-refractivity contribution in [3.63, 3.8) is 0 Å². The number of fused-ring (bicyclic) bond motifs is 1. The molecular weight excluding hydrogens is 258 g/mol. The highest BCUT2D eigenvalue weighted by Crippen LogP contribution is 2.15. The van der Waals surface area contributed by atoms with Crippen LogP contribution in [0.2, 0.25) is 0 Å². The molecule has 1 aromatic heterocycles. The molecular formula is C13H17N5O2. The first kappa shape index (κ1) is 14.0. The van der Waals surface area contributed by atoms with E-state index >= 15 is 0 Å². The third kappa shape index (κ3) is 3.55. The van der Waals surface area contributed by atoms with Gasteiger partial charge in [0.05, 0.1) is 17.4 Å². The van der Waals surface area contributed by atoms with Gasteiger partial charge in [-0.2, -0.15) is 0 Å². The van der Waals surface area contributed by atoms with Gasteiger partial charge in [0.25, 0.3) is 0 Å². The highest BCUT2D eigenvalue weighted by Gasteiger charge is 2.13. The molecule has 0 aliphatic heterocycles. The van der Waals surface area contributed by atoms with Gasteiger partial charge < -0.3 is 20.5 Å². The number of benzene rings is 1. The van der Waals surface area contributed by atoms with Gasteiger partial charge in [-0.15, -0.1) is 0 Å². The van der Waals surface area contributed by atoms with Crippen LogP contribution in [0, 0.1) is 0 Å². The zero-order valence-corrected chi connectivity index (χ0v) is 11.4. The summed E-state index contributed by atoms with van der Waals surface area (Å²) in [6.45, 7) is 1.11. The maximum Gasteiger partial charge on any atom is 0.313 e. The van der Waals surface area contributed by atoms with Crippen LogP contribution in [-0.4, -0.2) is 53.9 Å². The Kier molecular flexibility index (Phi) is 4.31. The molecule has 0 radical (unpaired) electrons. The van der Waals surface area contributed by atoms with Crippen LogP contribution in [0.5, 0.6) is 0 Å². The molecule has 2 rings (SSSR count). The Morgan fingerprint density at radius 2 is 2.10 bits per heavy atom. The fourth-order valence-electron chi connectivity index (χ4n) is 1.67. The van der Waals surface area contributed by atoms with Gasteiger partial charge in [-0.05, 0) is 32.3 Å². The Morgan fingerprint density at radius 3 is 2.85 bits per heavy atom. The first-order valence-electron chi connectivity index (χ1n) is 6.23. The lowest BCUT2D eigenvalue weighted by molar-refractivity contribution is -0.136. The van der Waals surface area contributed by atoms with E-state index in [0.29, 0.717) is 18.8 Å². The number of carbonyl (C=O) groups excluding carboxylic acids is 2. The normalized spacial score (nSPS) is 10.8. The highest BCUT2D eigenvalue weighted by atomic mass is 16.2. The summed E-state index contributed by atoms with van der Waals surface area (Å²) in [6.07, 6.45) is 1.57. The number of anilines is 1. The fraction of sp³-hybridized carbons (Fsp3) is 0.308. The zero-order chi connectivity index (χ0) is 14.5. The van der Waals surface area contributed by atoms with E-state index in [9.17, 15) is 9.59 Å². The summed E-state index contributed by atoms with van der Waals surface area (Å²) in [5.74, 6) is -1.32. The minimum absolute atomic E-state index is 0.429. The Bertz CT molecular complexity index is 620. The highest BCUT2D eigenvalue weighted by molar-refractivity contribution is 6.39. The van der Waals surface area contributed by atoms with Crippen molar-refractivity contribution in [3.8, 4) is 0 Å². The monoisotopic (exact) mass is 275 g/mol. The number of aromatic amines is 1. The van der Waals surface area contributed by atoms with Crippen molar-refractivity contribution in [3.05, 3.63) is 24.5 Å². The molecule has 0 unspecified atom stereocenters. The Morgan fingerprint density at radius 1 is 1.30 bits per heavy atom. The average Bonchev–Trinajstić information content (AvgIpc) is 2.85. The standard InChI is InChI=1S/C13H17N5O2/c1-18(2)6-5-14-12(19)13(20)17-9-3-4-10-11(7-9)16-8-15-10/h3-4,7-8H,5-6H2,1-2H3,(H,14,19)(H,15,16)(H,17,20). The summed E-state index contributed by atoms with van der Waals surface area (Å²) in [5, 5.41) is 5.10. The van der Waals surface area contributed by atoms with Gasteiger partial charge in [-0.1, -0.05) is 0 Å². The quantitative estimate of drug-likeness (QED) is 0.694. The van der Waals surface area contributed by atoms with Gasteiger partial charge in [-0.25, -0.2) is 4.98 Å². The van der Waals surface area contributed by atoms with E-state index in [-0.39, 0.29) is 0 Å². The van der Waals surface area contributed by atoms with Gasteiger partial charge in [0.2, 0.25) is 0 Å². The summed E-state index contributed by atoms with van der Waals surface area (Å²) >= 11 is 0. The molecule has 0 bridgehead atoms. The summed E-state index contributed by atoms with van der Waals surface area (Å²) in [7, 11) is 3.79. The molecule has 7 heteroatoms. The minimum atomic E-state index is -0.678. The average molecular weight is 275 g/mol. The van der Waals surface area contributed by atoms with Crippen molar-refractivity contribution in [1.29, 1.82) is 0 Å². The van der Waals surface area contributed by atoms with Crippen LogP contribution in [0.25, 0.3) is 11.0 Å². The Labute approximate surface area is 116 Å². The SMILES string of the molecule is CN(C)CCNC(=O)C(=O)Nc1ccc2nc[nH]c2c1. The van der Waals surface area contributed by atoms with Crippen LogP contribution in [0.4, 0.5) is 5.69 Å². The molecule has 3 N–H and O–H groups in total. The molecule has 1 heterocycles. The summed E-state index contributed by atoms with van der Waals surface area (Å²) in [4.78, 5) is 32.2. The zero-order valence-electron chi connectivity index (χ0n) is 11.4. The number of imidazole rings is 1. The number of rotatable bonds is 4. The van der Waals surface area contributed by atoms with E-state index in [0.717, 1.165) is 11.0 Å². The number of nitrogens with zero attached hydrogens (tertiary/aromatic N) is 2. The van der Waals surface area contributed by atoms with E-state index in [1.807, 2.05) is 19.0 Å². The lowest BCUT2D eigenvalue weighted by atomic mass is 10.2. The van der Waals surface area contributed by atoms with Crippen molar-refractivity contribution in [2.24, 2.45) is 0 Å². The second-order valence-electron chi connectivity index (χ2n) is 4.65. The van der Waals surface area contributed by atoms with Crippen LogP contribution < -0.4 is 10.6 Å². The second kappa shape index (κ2) is 6.16. The van der Waals surface area contributed by atoms with E-state index in [1.165, 1.54) is 0 Å². The van der Waals surface area contributed by atoms with Crippen molar-refractivity contribution >= 4 is 28.5 Å². The number of carbonyl (C=O) groups is 2. The van der Waals surface area contributed by atoms with Gasteiger partial charge in [0.15, 0.2) is 0 Å².